The third-order valence-electron chi connectivity index (χ3n) is 3.83. The number of carbonyl (C=O) groups is 1. The maximum absolute atomic E-state index is 12.3. The molecule has 0 aromatic carbocycles. The van der Waals surface area contributed by atoms with Crippen molar-refractivity contribution in [2.45, 2.75) is 19.8 Å². The summed E-state index contributed by atoms with van der Waals surface area (Å²) in [6, 6.07) is 1.81. The van der Waals surface area contributed by atoms with Crippen LogP contribution in [0.4, 0.5) is 0 Å². The molecule has 106 valence electrons. The van der Waals surface area contributed by atoms with E-state index in [2.05, 4.69) is 15.1 Å². The molecule has 1 aliphatic rings. The third kappa shape index (κ3) is 2.14. The van der Waals surface area contributed by atoms with E-state index in [9.17, 15) is 9.90 Å². The van der Waals surface area contributed by atoms with Gasteiger partial charge in [-0.3, -0.25) is 4.79 Å². The highest BCUT2D eigenvalue weighted by atomic mass is 16.3. The van der Waals surface area contributed by atoms with Gasteiger partial charge in [-0.25, -0.2) is 9.50 Å². The van der Waals surface area contributed by atoms with E-state index in [1.54, 1.807) is 22.7 Å². The molecule has 2 aromatic rings. The van der Waals surface area contributed by atoms with Crippen molar-refractivity contribution in [2.75, 3.05) is 20.2 Å². The zero-order valence-corrected chi connectivity index (χ0v) is 11.6. The fourth-order valence-corrected chi connectivity index (χ4v) is 2.29. The molecular weight excluding hydrogens is 258 g/mol. The standard InChI is InChI=1S/C13H17N5O2/c1-9-3-6-14-12-15-10(16-18(9)12)11(20)17(2)7-13(8-19)4-5-13/h3,6,19H,4-5,7-8H2,1-2H3. The quantitative estimate of drug-likeness (QED) is 0.866. The molecule has 7 heteroatoms. The molecule has 1 N–H and O–H groups in total. The van der Waals surface area contributed by atoms with Crippen LogP contribution in [-0.2, 0) is 0 Å². The van der Waals surface area contributed by atoms with Gasteiger partial charge < -0.3 is 10.0 Å². The molecule has 0 saturated heterocycles. The summed E-state index contributed by atoms with van der Waals surface area (Å²) >= 11 is 0. The van der Waals surface area contributed by atoms with Gasteiger partial charge in [-0.2, -0.15) is 4.98 Å². The van der Waals surface area contributed by atoms with Gasteiger partial charge in [0.25, 0.3) is 11.7 Å². The number of rotatable bonds is 4. The van der Waals surface area contributed by atoms with E-state index in [1.807, 2.05) is 13.0 Å². The molecule has 0 bridgehead atoms. The SMILES string of the molecule is Cc1ccnc2nc(C(=O)N(C)CC3(CO)CC3)nn12. The smallest absolute Gasteiger partial charge is 0.293 e. The fraction of sp³-hybridized carbons (Fsp3) is 0.538. The van der Waals surface area contributed by atoms with Crippen molar-refractivity contribution in [1.29, 1.82) is 0 Å². The van der Waals surface area contributed by atoms with Gasteiger partial charge in [-0.15, -0.1) is 5.10 Å². The van der Waals surface area contributed by atoms with Crippen molar-refractivity contribution in [2.24, 2.45) is 5.41 Å². The first kappa shape index (κ1) is 13.0. The number of aliphatic hydroxyl groups is 1. The van der Waals surface area contributed by atoms with Crippen LogP contribution in [0.5, 0.6) is 0 Å². The second kappa shape index (κ2) is 4.52. The van der Waals surface area contributed by atoms with Gasteiger partial charge in [0, 0.05) is 30.9 Å². The molecule has 1 amide bonds. The largest absolute Gasteiger partial charge is 0.396 e. The van der Waals surface area contributed by atoms with Crippen LogP contribution in [-0.4, -0.2) is 55.7 Å². The van der Waals surface area contributed by atoms with Crippen LogP contribution >= 0.6 is 0 Å². The molecule has 2 aromatic heterocycles. The molecule has 0 spiro atoms. The van der Waals surface area contributed by atoms with E-state index < -0.39 is 0 Å². The van der Waals surface area contributed by atoms with Crippen LogP contribution in [0.15, 0.2) is 12.3 Å². The van der Waals surface area contributed by atoms with Crippen LogP contribution in [0.2, 0.25) is 0 Å². The van der Waals surface area contributed by atoms with E-state index in [0.29, 0.717) is 12.3 Å². The molecule has 1 saturated carbocycles. The zero-order valence-electron chi connectivity index (χ0n) is 11.6. The van der Waals surface area contributed by atoms with Crippen LogP contribution in [0, 0.1) is 12.3 Å². The van der Waals surface area contributed by atoms with Crippen molar-refractivity contribution in [3.05, 3.63) is 23.8 Å². The number of carbonyl (C=O) groups excluding carboxylic acids is 1. The van der Waals surface area contributed by atoms with Crippen molar-refractivity contribution in [3.8, 4) is 0 Å². The Morgan fingerprint density at radius 2 is 2.30 bits per heavy atom. The van der Waals surface area contributed by atoms with Gasteiger partial charge in [0.2, 0.25) is 5.82 Å². The Morgan fingerprint density at radius 1 is 1.55 bits per heavy atom. The average Bonchev–Trinajstić information content (AvgIpc) is 3.07. The summed E-state index contributed by atoms with van der Waals surface area (Å²) in [5.74, 6) is 0.322. The van der Waals surface area contributed by atoms with E-state index in [0.717, 1.165) is 18.5 Å². The fourth-order valence-electron chi connectivity index (χ4n) is 2.29. The van der Waals surface area contributed by atoms with E-state index in [1.165, 1.54) is 0 Å². The van der Waals surface area contributed by atoms with Crippen molar-refractivity contribution < 1.29 is 9.90 Å². The average molecular weight is 275 g/mol. The Bertz CT molecular complexity index is 662. The first-order valence-corrected chi connectivity index (χ1v) is 6.59. The first-order valence-electron chi connectivity index (χ1n) is 6.59. The van der Waals surface area contributed by atoms with Gasteiger partial charge in [0.05, 0.1) is 6.61 Å². The van der Waals surface area contributed by atoms with E-state index >= 15 is 0 Å². The molecular formula is C13H17N5O2. The summed E-state index contributed by atoms with van der Waals surface area (Å²) < 4.78 is 1.56. The molecule has 7 nitrogen and oxygen atoms in total. The molecule has 0 unspecified atom stereocenters. The predicted octanol–water partition coefficient (Wildman–Crippen LogP) is 0.277. The molecule has 0 aliphatic heterocycles. The minimum absolute atomic E-state index is 0.113. The van der Waals surface area contributed by atoms with Crippen LogP contribution < -0.4 is 0 Å². The number of nitrogens with zero attached hydrogens (tertiary/aromatic N) is 5. The lowest BCUT2D eigenvalue weighted by atomic mass is 10.1. The third-order valence-corrected chi connectivity index (χ3v) is 3.83. The molecule has 2 heterocycles. The first-order chi connectivity index (χ1) is 9.54. The lowest BCUT2D eigenvalue weighted by Crippen LogP contribution is -2.34. The molecule has 3 rings (SSSR count). The normalized spacial score (nSPS) is 16.4. The summed E-state index contributed by atoms with van der Waals surface area (Å²) in [4.78, 5) is 22.1. The van der Waals surface area contributed by atoms with Crippen LogP contribution in [0.1, 0.15) is 29.2 Å². The molecule has 20 heavy (non-hydrogen) atoms. The highest BCUT2D eigenvalue weighted by Gasteiger charge is 2.43. The van der Waals surface area contributed by atoms with Gasteiger partial charge in [0.15, 0.2) is 0 Å². The highest BCUT2D eigenvalue weighted by Crippen LogP contribution is 2.45. The lowest BCUT2D eigenvalue weighted by Gasteiger charge is -2.20. The molecule has 1 fully saturated rings. The molecule has 1 aliphatic carbocycles. The zero-order chi connectivity index (χ0) is 14.3. The number of aryl methyl sites for hydroxylation is 1. The summed E-state index contributed by atoms with van der Waals surface area (Å²) in [6.45, 7) is 2.53. The van der Waals surface area contributed by atoms with E-state index in [4.69, 9.17) is 0 Å². The van der Waals surface area contributed by atoms with E-state index in [-0.39, 0.29) is 23.8 Å². The van der Waals surface area contributed by atoms with Crippen molar-refractivity contribution in [3.63, 3.8) is 0 Å². The van der Waals surface area contributed by atoms with Crippen molar-refractivity contribution in [1.82, 2.24) is 24.5 Å². The minimum atomic E-state index is -0.241. The Kier molecular flexibility index (Phi) is 2.93. The van der Waals surface area contributed by atoms with Crippen molar-refractivity contribution >= 4 is 11.7 Å². The number of hydrogen-bond acceptors (Lipinski definition) is 5. The number of aromatic nitrogens is 4. The Labute approximate surface area is 116 Å². The second-order valence-corrected chi connectivity index (χ2v) is 5.55. The topological polar surface area (TPSA) is 83.6 Å². The Balaban J connectivity index is 1.83. The number of amides is 1. The molecule has 0 atom stereocenters. The summed E-state index contributed by atoms with van der Waals surface area (Å²) in [7, 11) is 1.71. The van der Waals surface area contributed by atoms with Gasteiger partial charge in [-0.05, 0) is 25.8 Å². The Morgan fingerprint density at radius 3 is 2.90 bits per heavy atom. The maximum Gasteiger partial charge on any atom is 0.293 e. The maximum atomic E-state index is 12.3. The number of hydrogen-bond donors (Lipinski definition) is 1. The lowest BCUT2D eigenvalue weighted by molar-refractivity contribution is 0.0722. The summed E-state index contributed by atoms with van der Waals surface area (Å²) in [5.41, 5.74) is 0.760. The molecule has 0 radical (unpaired) electrons. The minimum Gasteiger partial charge on any atom is -0.396 e. The van der Waals surface area contributed by atoms with Gasteiger partial charge in [-0.1, -0.05) is 0 Å². The summed E-state index contributed by atoms with van der Waals surface area (Å²) in [6.07, 6.45) is 3.56. The highest BCUT2D eigenvalue weighted by molar-refractivity contribution is 5.90. The van der Waals surface area contributed by atoms with Gasteiger partial charge in [0.1, 0.15) is 0 Å². The second-order valence-electron chi connectivity index (χ2n) is 5.55. The van der Waals surface area contributed by atoms with Crippen LogP contribution in [0.25, 0.3) is 5.78 Å². The Hall–Kier alpha value is -2.02. The number of fused-ring (bicyclic) bond motifs is 1. The monoisotopic (exact) mass is 275 g/mol. The summed E-state index contributed by atoms with van der Waals surface area (Å²) in [5, 5.41) is 13.5. The van der Waals surface area contributed by atoms with Gasteiger partial charge >= 0.3 is 0 Å². The number of aliphatic hydroxyl groups excluding tert-OH is 1. The predicted molar refractivity (Wildman–Crippen MR) is 71.2 cm³/mol. The van der Waals surface area contributed by atoms with Crippen LogP contribution in [0.3, 0.4) is 0 Å².